The fourth-order valence-electron chi connectivity index (χ4n) is 3.30. The summed E-state index contributed by atoms with van der Waals surface area (Å²) in [4.78, 5) is 36.7. The Morgan fingerprint density at radius 3 is 2.48 bits per heavy atom. The van der Waals surface area contributed by atoms with Gasteiger partial charge in [-0.15, -0.1) is 0 Å². The Morgan fingerprint density at radius 1 is 1.19 bits per heavy atom. The zero-order chi connectivity index (χ0) is 15.0. The molecule has 2 fully saturated rings. The number of benzene rings is 1. The minimum Gasteiger partial charge on any atom is -0.478 e. The van der Waals surface area contributed by atoms with Crippen molar-refractivity contribution in [1.29, 1.82) is 0 Å². The van der Waals surface area contributed by atoms with Crippen LogP contribution >= 0.6 is 0 Å². The quantitative estimate of drug-likeness (QED) is 0.855. The fraction of sp³-hybridized carbons (Fsp3) is 0.438. The third-order valence-electron chi connectivity index (χ3n) is 4.46. The van der Waals surface area contributed by atoms with Crippen LogP contribution in [0.3, 0.4) is 0 Å². The molecule has 0 radical (unpaired) electrons. The molecule has 1 aromatic carbocycles. The highest BCUT2D eigenvalue weighted by molar-refractivity contribution is 6.00. The number of carboxylic acid groups (broad SMARTS) is 1. The summed E-state index contributed by atoms with van der Waals surface area (Å²) in [6, 6.07) is 6.63. The largest absolute Gasteiger partial charge is 0.478 e. The lowest BCUT2D eigenvalue weighted by molar-refractivity contribution is -0.152. The van der Waals surface area contributed by atoms with E-state index in [0.29, 0.717) is 19.4 Å². The fourth-order valence-corrected chi connectivity index (χ4v) is 3.30. The number of imide groups is 1. The topological polar surface area (TPSA) is 74.7 Å². The number of aromatic carboxylic acids is 1. The molecule has 0 spiro atoms. The molecule has 3 rings (SSSR count). The van der Waals surface area contributed by atoms with Crippen molar-refractivity contribution in [2.75, 3.05) is 6.54 Å². The number of hydrogen-bond donors (Lipinski definition) is 1. The zero-order valence-electron chi connectivity index (χ0n) is 11.6. The Balaban J connectivity index is 1.70. The van der Waals surface area contributed by atoms with E-state index >= 15 is 0 Å². The highest BCUT2D eigenvalue weighted by atomic mass is 16.4. The van der Waals surface area contributed by atoms with Gasteiger partial charge in [-0.25, -0.2) is 4.79 Å². The molecule has 1 saturated carbocycles. The van der Waals surface area contributed by atoms with Crippen molar-refractivity contribution in [2.45, 2.75) is 25.7 Å². The van der Waals surface area contributed by atoms with E-state index in [1.54, 1.807) is 12.1 Å². The number of amides is 2. The molecule has 1 aliphatic heterocycles. The van der Waals surface area contributed by atoms with E-state index in [9.17, 15) is 14.4 Å². The lowest BCUT2D eigenvalue weighted by atomic mass is 9.96. The summed E-state index contributed by atoms with van der Waals surface area (Å²) in [6.45, 7) is 0.341. The molecular formula is C16H17NO4. The van der Waals surface area contributed by atoms with Gasteiger partial charge in [-0.2, -0.15) is 0 Å². The number of carbonyl (C=O) groups excluding carboxylic acids is 2. The van der Waals surface area contributed by atoms with Gasteiger partial charge < -0.3 is 5.11 Å². The van der Waals surface area contributed by atoms with Crippen molar-refractivity contribution >= 4 is 17.8 Å². The van der Waals surface area contributed by atoms with E-state index in [2.05, 4.69) is 0 Å². The predicted octanol–water partition coefficient (Wildman–Crippen LogP) is 1.71. The van der Waals surface area contributed by atoms with Crippen molar-refractivity contribution in [3.05, 3.63) is 35.4 Å². The summed E-state index contributed by atoms with van der Waals surface area (Å²) in [7, 11) is 0. The monoisotopic (exact) mass is 287 g/mol. The number of hydrogen-bond acceptors (Lipinski definition) is 3. The lowest BCUT2D eigenvalue weighted by Gasteiger charge is -2.29. The summed E-state index contributed by atoms with van der Waals surface area (Å²) in [5.74, 6) is -1.05. The molecule has 1 aromatic rings. The Bertz CT molecular complexity index is 588. The summed E-state index contributed by atoms with van der Waals surface area (Å²) >= 11 is 0. The van der Waals surface area contributed by atoms with Crippen molar-refractivity contribution in [1.82, 2.24) is 4.90 Å². The second kappa shape index (κ2) is 5.31. The molecule has 1 saturated heterocycles. The number of nitrogens with zero attached hydrogens (tertiary/aromatic N) is 1. The van der Waals surface area contributed by atoms with E-state index < -0.39 is 5.97 Å². The third kappa shape index (κ3) is 2.55. The standard InChI is InChI=1S/C16H17NO4/c18-14-11-4-5-12(9-11)15(19)17(14)7-6-10-2-1-3-13(8-10)16(20)21/h1-3,8,11-12H,4-7,9H2,(H,20,21). The highest BCUT2D eigenvalue weighted by Crippen LogP contribution is 2.38. The molecule has 2 atom stereocenters. The highest BCUT2D eigenvalue weighted by Gasteiger charge is 2.44. The molecule has 5 nitrogen and oxygen atoms in total. The van der Waals surface area contributed by atoms with Crippen LogP contribution in [-0.2, 0) is 16.0 Å². The van der Waals surface area contributed by atoms with E-state index in [-0.39, 0.29) is 29.2 Å². The first kappa shape index (κ1) is 13.8. The van der Waals surface area contributed by atoms with Gasteiger partial charge in [-0.3, -0.25) is 14.5 Å². The molecule has 5 heteroatoms. The number of likely N-dealkylation sites (tertiary alicyclic amines) is 1. The van der Waals surface area contributed by atoms with Gasteiger partial charge in [0, 0.05) is 18.4 Å². The van der Waals surface area contributed by atoms with Crippen LogP contribution in [0.15, 0.2) is 24.3 Å². The van der Waals surface area contributed by atoms with E-state index in [1.165, 1.54) is 11.0 Å². The second-order valence-electron chi connectivity index (χ2n) is 5.79. The van der Waals surface area contributed by atoms with E-state index in [1.807, 2.05) is 6.07 Å². The smallest absolute Gasteiger partial charge is 0.335 e. The predicted molar refractivity (Wildman–Crippen MR) is 74.7 cm³/mol. The Morgan fingerprint density at radius 2 is 1.86 bits per heavy atom. The van der Waals surface area contributed by atoms with Crippen LogP contribution in [0.2, 0.25) is 0 Å². The second-order valence-corrected chi connectivity index (χ2v) is 5.79. The van der Waals surface area contributed by atoms with Crippen LogP contribution in [0.25, 0.3) is 0 Å². The molecule has 2 bridgehead atoms. The molecule has 2 unspecified atom stereocenters. The van der Waals surface area contributed by atoms with Gasteiger partial charge in [0.15, 0.2) is 0 Å². The maximum absolute atomic E-state index is 12.2. The first-order valence-electron chi connectivity index (χ1n) is 7.23. The summed E-state index contributed by atoms with van der Waals surface area (Å²) in [6.07, 6.45) is 2.85. The van der Waals surface area contributed by atoms with Crippen LogP contribution in [0.4, 0.5) is 0 Å². The maximum atomic E-state index is 12.2. The van der Waals surface area contributed by atoms with Crippen LogP contribution in [0.1, 0.15) is 35.2 Å². The number of piperidine rings is 1. The molecular weight excluding hydrogens is 270 g/mol. The van der Waals surface area contributed by atoms with Crippen LogP contribution in [-0.4, -0.2) is 34.3 Å². The van der Waals surface area contributed by atoms with Crippen molar-refractivity contribution in [3.63, 3.8) is 0 Å². The Kier molecular flexibility index (Phi) is 3.49. The van der Waals surface area contributed by atoms with Gasteiger partial charge in [-0.05, 0) is 43.4 Å². The first-order chi connectivity index (χ1) is 10.1. The molecule has 2 amide bonds. The number of carboxylic acids is 1. The summed E-state index contributed by atoms with van der Waals surface area (Å²) < 4.78 is 0. The van der Waals surface area contributed by atoms with Crippen molar-refractivity contribution in [2.24, 2.45) is 11.8 Å². The average Bonchev–Trinajstić information content (AvgIpc) is 2.93. The van der Waals surface area contributed by atoms with E-state index in [4.69, 9.17) is 5.11 Å². The SMILES string of the molecule is O=C(O)c1cccc(CCN2C(=O)C3CCC(C3)C2=O)c1. The molecule has 21 heavy (non-hydrogen) atoms. The van der Waals surface area contributed by atoms with Gasteiger partial charge in [0.25, 0.3) is 0 Å². The number of rotatable bonds is 4. The van der Waals surface area contributed by atoms with E-state index in [0.717, 1.165) is 18.4 Å². The Hall–Kier alpha value is -2.17. The van der Waals surface area contributed by atoms with Gasteiger partial charge in [0.05, 0.1) is 5.56 Å². The van der Waals surface area contributed by atoms with Gasteiger partial charge in [0.1, 0.15) is 0 Å². The zero-order valence-corrected chi connectivity index (χ0v) is 11.6. The first-order valence-corrected chi connectivity index (χ1v) is 7.23. The minimum absolute atomic E-state index is 0.0121. The molecule has 110 valence electrons. The summed E-state index contributed by atoms with van der Waals surface area (Å²) in [5.41, 5.74) is 1.05. The van der Waals surface area contributed by atoms with Crippen molar-refractivity contribution < 1.29 is 19.5 Å². The van der Waals surface area contributed by atoms with Gasteiger partial charge in [0.2, 0.25) is 11.8 Å². The molecule has 1 N–H and O–H groups in total. The van der Waals surface area contributed by atoms with Crippen molar-refractivity contribution in [3.8, 4) is 0 Å². The number of carbonyl (C=O) groups is 3. The lowest BCUT2D eigenvalue weighted by Crippen LogP contribution is -2.47. The van der Waals surface area contributed by atoms with Crippen LogP contribution in [0, 0.1) is 11.8 Å². The van der Waals surface area contributed by atoms with Crippen LogP contribution in [0.5, 0.6) is 0 Å². The van der Waals surface area contributed by atoms with Crippen LogP contribution < -0.4 is 0 Å². The third-order valence-corrected chi connectivity index (χ3v) is 4.46. The molecule has 2 aliphatic rings. The maximum Gasteiger partial charge on any atom is 0.335 e. The Labute approximate surface area is 122 Å². The van der Waals surface area contributed by atoms with Gasteiger partial charge >= 0.3 is 5.97 Å². The summed E-state index contributed by atoms with van der Waals surface area (Å²) in [5, 5.41) is 8.97. The molecule has 1 heterocycles. The minimum atomic E-state index is -0.972. The number of fused-ring (bicyclic) bond motifs is 2. The normalized spacial score (nSPS) is 24.5. The molecule has 0 aromatic heterocycles. The van der Waals surface area contributed by atoms with Gasteiger partial charge in [-0.1, -0.05) is 12.1 Å². The molecule has 1 aliphatic carbocycles. The average molecular weight is 287 g/mol.